The molecule has 2 aromatic carbocycles. The van der Waals surface area contributed by atoms with E-state index in [0.717, 1.165) is 48.6 Å². The van der Waals surface area contributed by atoms with Crippen LogP contribution in [0.15, 0.2) is 65.7 Å². The van der Waals surface area contributed by atoms with Gasteiger partial charge in [-0.2, -0.15) is 0 Å². The smallest absolute Gasteiger partial charge is 0.333 e. The van der Waals surface area contributed by atoms with Crippen LogP contribution in [0.5, 0.6) is 11.5 Å². The van der Waals surface area contributed by atoms with Crippen LogP contribution >= 0.6 is 0 Å². The topological polar surface area (TPSA) is 57.1 Å². The molecule has 178 valence electrons. The van der Waals surface area contributed by atoms with Crippen LogP contribution in [0.25, 0.3) is 0 Å². The van der Waals surface area contributed by atoms with Crippen LogP contribution in [0.1, 0.15) is 63.9 Å². The van der Waals surface area contributed by atoms with Crippen LogP contribution in [0.2, 0.25) is 0 Å². The van der Waals surface area contributed by atoms with Gasteiger partial charge in [0.1, 0.15) is 11.5 Å². The number of methoxy groups -OCH3 is 1. The van der Waals surface area contributed by atoms with E-state index in [1.807, 2.05) is 54.7 Å². The van der Waals surface area contributed by atoms with Crippen molar-refractivity contribution in [3.8, 4) is 11.5 Å². The zero-order valence-electron chi connectivity index (χ0n) is 20.1. The molecule has 0 aliphatic heterocycles. The van der Waals surface area contributed by atoms with Crippen molar-refractivity contribution in [3.05, 3.63) is 66.2 Å². The van der Waals surface area contributed by atoms with E-state index in [0.29, 0.717) is 12.2 Å². The molecule has 0 unspecified atom stereocenters. The molecule has 0 aliphatic carbocycles. The van der Waals surface area contributed by atoms with Gasteiger partial charge in [0.15, 0.2) is 0 Å². The fraction of sp³-hybridized carbons (Fsp3) is 0.429. The third kappa shape index (κ3) is 11.4. The predicted molar refractivity (Wildman–Crippen MR) is 135 cm³/mol. The van der Waals surface area contributed by atoms with Crippen molar-refractivity contribution in [3.63, 3.8) is 0 Å². The summed E-state index contributed by atoms with van der Waals surface area (Å²) in [6.45, 7) is 6.49. The van der Waals surface area contributed by atoms with Gasteiger partial charge in [-0.1, -0.05) is 45.1 Å². The summed E-state index contributed by atoms with van der Waals surface area (Å²) in [5, 5.41) is 0. The molecule has 0 heterocycles. The number of benzene rings is 2. The number of aliphatic imine (C=N–C) groups is 1. The van der Waals surface area contributed by atoms with Gasteiger partial charge in [-0.05, 0) is 73.9 Å². The molecule has 0 N–H and O–H groups in total. The number of esters is 1. The van der Waals surface area contributed by atoms with Gasteiger partial charge in [0.25, 0.3) is 0 Å². The molecule has 0 saturated heterocycles. The summed E-state index contributed by atoms with van der Waals surface area (Å²) in [5.74, 6) is 1.43. The number of rotatable bonds is 16. The molecule has 0 atom stereocenters. The number of ether oxygens (including phenoxy) is 3. The zero-order valence-corrected chi connectivity index (χ0v) is 20.1. The van der Waals surface area contributed by atoms with Crippen LogP contribution in [-0.2, 0) is 9.53 Å². The monoisotopic (exact) mass is 451 g/mol. The Morgan fingerprint density at radius 3 is 1.94 bits per heavy atom. The molecule has 0 spiro atoms. The van der Waals surface area contributed by atoms with Crippen molar-refractivity contribution >= 4 is 17.9 Å². The van der Waals surface area contributed by atoms with Gasteiger partial charge >= 0.3 is 5.97 Å². The Kier molecular flexibility index (Phi) is 12.4. The predicted octanol–water partition coefficient (Wildman–Crippen LogP) is 7.06. The standard InChI is InChI=1S/C28H37NO4/c1-23(2)28(30)33-21-11-9-7-5-4-6-8-10-20-32-27-16-12-24(13-17-27)22-29-25-14-18-26(31-3)19-15-25/h12-19,22H,1,4-11,20-21H2,2-3H3. The summed E-state index contributed by atoms with van der Waals surface area (Å²) in [4.78, 5) is 15.7. The Hall–Kier alpha value is -3.08. The fourth-order valence-electron chi connectivity index (χ4n) is 3.21. The maximum absolute atomic E-state index is 11.3. The second kappa shape index (κ2) is 15.7. The molecule has 0 saturated carbocycles. The number of unbranched alkanes of at least 4 members (excludes halogenated alkanes) is 7. The summed E-state index contributed by atoms with van der Waals surface area (Å²) in [6, 6.07) is 15.7. The van der Waals surface area contributed by atoms with E-state index in [1.165, 1.54) is 32.1 Å². The second-order valence-electron chi connectivity index (χ2n) is 8.12. The van der Waals surface area contributed by atoms with Crippen molar-refractivity contribution in [2.45, 2.75) is 58.3 Å². The van der Waals surface area contributed by atoms with Gasteiger partial charge in [-0.25, -0.2) is 4.79 Å². The lowest BCUT2D eigenvalue weighted by molar-refractivity contribution is -0.139. The van der Waals surface area contributed by atoms with E-state index in [9.17, 15) is 4.79 Å². The zero-order chi connectivity index (χ0) is 23.7. The second-order valence-corrected chi connectivity index (χ2v) is 8.12. The lowest BCUT2D eigenvalue weighted by atomic mass is 10.1. The number of carbonyl (C=O) groups is 1. The summed E-state index contributed by atoms with van der Waals surface area (Å²) in [5.41, 5.74) is 2.39. The summed E-state index contributed by atoms with van der Waals surface area (Å²) >= 11 is 0. The van der Waals surface area contributed by atoms with Gasteiger partial charge in [-0.15, -0.1) is 0 Å². The first kappa shape index (κ1) is 26.2. The number of nitrogens with zero attached hydrogens (tertiary/aromatic N) is 1. The van der Waals surface area contributed by atoms with Crippen molar-refractivity contribution in [2.24, 2.45) is 4.99 Å². The fourth-order valence-corrected chi connectivity index (χ4v) is 3.21. The molecule has 2 aromatic rings. The lowest BCUT2D eigenvalue weighted by Gasteiger charge is -2.07. The minimum absolute atomic E-state index is 0.285. The first-order valence-electron chi connectivity index (χ1n) is 11.8. The van der Waals surface area contributed by atoms with Crippen LogP contribution < -0.4 is 9.47 Å². The molecule has 0 radical (unpaired) electrons. The molecule has 5 heteroatoms. The first-order chi connectivity index (χ1) is 16.1. The van der Waals surface area contributed by atoms with Crippen molar-refractivity contribution in [1.29, 1.82) is 0 Å². The highest BCUT2D eigenvalue weighted by molar-refractivity contribution is 5.86. The van der Waals surface area contributed by atoms with Crippen LogP contribution in [0.4, 0.5) is 5.69 Å². The largest absolute Gasteiger partial charge is 0.497 e. The number of carbonyl (C=O) groups excluding carboxylic acids is 1. The van der Waals surface area contributed by atoms with Gasteiger partial charge in [0.05, 0.1) is 26.0 Å². The third-order valence-electron chi connectivity index (χ3n) is 5.20. The maximum Gasteiger partial charge on any atom is 0.333 e. The molecule has 0 bridgehead atoms. The SMILES string of the molecule is C=C(C)C(=O)OCCCCCCCCCCOc1ccc(C=Nc2ccc(OC)cc2)cc1. The lowest BCUT2D eigenvalue weighted by Crippen LogP contribution is -2.05. The molecule has 0 amide bonds. The average molecular weight is 452 g/mol. The Labute approximate surface area is 198 Å². The molecule has 33 heavy (non-hydrogen) atoms. The van der Waals surface area contributed by atoms with E-state index in [4.69, 9.17) is 14.2 Å². The van der Waals surface area contributed by atoms with Crippen molar-refractivity contribution in [1.82, 2.24) is 0 Å². The average Bonchev–Trinajstić information content (AvgIpc) is 2.84. The minimum atomic E-state index is -0.285. The van der Waals surface area contributed by atoms with Crippen molar-refractivity contribution < 1.29 is 19.0 Å². The van der Waals surface area contributed by atoms with Crippen LogP contribution in [0, 0.1) is 0 Å². The molecular formula is C28H37NO4. The molecular weight excluding hydrogens is 414 g/mol. The number of hydrogen-bond acceptors (Lipinski definition) is 5. The normalized spacial score (nSPS) is 10.8. The molecule has 2 rings (SSSR count). The van der Waals surface area contributed by atoms with Gasteiger partial charge in [0, 0.05) is 11.8 Å². The Morgan fingerprint density at radius 1 is 0.818 bits per heavy atom. The highest BCUT2D eigenvalue weighted by Gasteiger charge is 2.02. The van der Waals surface area contributed by atoms with Crippen LogP contribution in [0.3, 0.4) is 0 Å². The maximum atomic E-state index is 11.3. The quantitative estimate of drug-likeness (QED) is 0.119. The Bertz CT molecular complexity index is 856. The van der Waals surface area contributed by atoms with Gasteiger partial charge in [0.2, 0.25) is 0 Å². The molecule has 5 nitrogen and oxygen atoms in total. The highest BCUT2D eigenvalue weighted by Crippen LogP contribution is 2.18. The van der Waals surface area contributed by atoms with Gasteiger partial charge in [-0.3, -0.25) is 4.99 Å². The number of hydrogen-bond donors (Lipinski definition) is 0. The highest BCUT2D eigenvalue weighted by atomic mass is 16.5. The van der Waals surface area contributed by atoms with E-state index in [1.54, 1.807) is 14.0 Å². The first-order valence-corrected chi connectivity index (χ1v) is 11.8. The molecule has 0 aliphatic rings. The minimum Gasteiger partial charge on any atom is -0.497 e. The summed E-state index contributed by atoms with van der Waals surface area (Å²) in [6.07, 6.45) is 11.0. The van der Waals surface area contributed by atoms with E-state index >= 15 is 0 Å². The Morgan fingerprint density at radius 2 is 1.36 bits per heavy atom. The summed E-state index contributed by atoms with van der Waals surface area (Å²) in [7, 11) is 1.65. The van der Waals surface area contributed by atoms with Crippen molar-refractivity contribution in [2.75, 3.05) is 20.3 Å². The van der Waals surface area contributed by atoms with E-state index < -0.39 is 0 Å². The van der Waals surface area contributed by atoms with Gasteiger partial charge < -0.3 is 14.2 Å². The summed E-state index contributed by atoms with van der Waals surface area (Å²) < 4.78 is 16.1. The van der Waals surface area contributed by atoms with E-state index in [2.05, 4.69) is 11.6 Å². The Balaban J connectivity index is 1.48. The van der Waals surface area contributed by atoms with E-state index in [-0.39, 0.29) is 5.97 Å². The van der Waals surface area contributed by atoms with Crippen LogP contribution in [-0.4, -0.2) is 32.5 Å². The molecule has 0 aromatic heterocycles. The molecule has 0 fully saturated rings. The third-order valence-corrected chi connectivity index (χ3v) is 5.20.